The zero-order valence-corrected chi connectivity index (χ0v) is 14.8. The van der Waals surface area contributed by atoms with E-state index in [9.17, 15) is 20.2 Å². The van der Waals surface area contributed by atoms with E-state index in [-0.39, 0.29) is 23.2 Å². The van der Waals surface area contributed by atoms with Gasteiger partial charge in [-0.1, -0.05) is 12.1 Å². The fourth-order valence-corrected chi connectivity index (χ4v) is 2.71. The van der Waals surface area contributed by atoms with Crippen molar-refractivity contribution >= 4 is 34.5 Å². The molecule has 0 fully saturated rings. The number of benzene rings is 3. The van der Waals surface area contributed by atoms with Gasteiger partial charge in [-0.25, -0.2) is 9.98 Å². The fraction of sp³-hybridized carbons (Fsp3) is 0. The second kappa shape index (κ2) is 7.31. The zero-order chi connectivity index (χ0) is 20.4. The standard InChI is InChI=1S/C20H12N4O5/c25-23(26)15-9-5-13(6-10-15)19-21-17-3-1-2-4-18(17)22-20(29-19)14-7-11-16(12-8-14)24(27)28/h1-12H. The Morgan fingerprint density at radius 3 is 1.34 bits per heavy atom. The highest BCUT2D eigenvalue weighted by atomic mass is 16.6. The van der Waals surface area contributed by atoms with Crippen LogP contribution in [0.5, 0.6) is 0 Å². The van der Waals surface area contributed by atoms with Crippen molar-refractivity contribution in [1.82, 2.24) is 0 Å². The Kier molecular flexibility index (Phi) is 4.54. The van der Waals surface area contributed by atoms with Crippen LogP contribution >= 0.6 is 0 Å². The molecule has 0 atom stereocenters. The first kappa shape index (κ1) is 18.0. The molecule has 0 aromatic heterocycles. The Bertz CT molecular complexity index is 1080. The smallest absolute Gasteiger partial charge is 0.269 e. The maximum absolute atomic E-state index is 10.9. The molecule has 9 nitrogen and oxygen atoms in total. The monoisotopic (exact) mass is 388 g/mol. The third kappa shape index (κ3) is 3.69. The number of nitro benzene ring substituents is 2. The van der Waals surface area contributed by atoms with Gasteiger partial charge in [0.15, 0.2) is 0 Å². The molecule has 0 N–H and O–H groups in total. The summed E-state index contributed by atoms with van der Waals surface area (Å²) in [5.41, 5.74) is 2.10. The van der Waals surface area contributed by atoms with Crippen LogP contribution in [0.3, 0.4) is 0 Å². The zero-order valence-electron chi connectivity index (χ0n) is 14.8. The summed E-state index contributed by atoms with van der Waals surface area (Å²) in [6.07, 6.45) is 0. The number of nitro groups is 2. The van der Waals surface area contributed by atoms with Gasteiger partial charge in [-0.15, -0.1) is 0 Å². The largest absolute Gasteiger partial charge is 0.419 e. The number of fused-ring (bicyclic) bond motifs is 1. The van der Waals surface area contributed by atoms with Crippen LogP contribution in [-0.4, -0.2) is 21.6 Å². The van der Waals surface area contributed by atoms with Gasteiger partial charge in [0.05, 0.1) is 21.2 Å². The van der Waals surface area contributed by atoms with Gasteiger partial charge in [-0.2, -0.15) is 0 Å². The maximum atomic E-state index is 10.9. The van der Waals surface area contributed by atoms with Crippen molar-refractivity contribution in [3.05, 3.63) is 104 Å². The van der Waals surface area contributed by atoms with Crippen molar-refractivity contribution in [2.75, 3.05) is 0 Å². The fourth-order valence-electron chi connectivity index (χ4n) is 2.71. The van der Waals surface area contributed by atoms with Gasteiger partial charge >= 0.3 is 0 Å². The van der Waals surface area contributed by atoms with Gasteiger partial charge in [0.2, 0.25) is 11.8 Å². The summed E-state index contributed by atoms with van der Waals surface area (Å²) in [6, 6.07) is 18.8. The van der Waals surface area contributed by atoms with E-state index in [2.05, 4.69) is 9.98 Å². The Balaban J connectivity index is 1.78. The first-order valence-electron chi connectivity index (χ1n) is 8.45. The number of rotatable bonds is 4. The van der Waals surface area contributed by atoms with Gasteiger partial charge < -0.3 is 4.74 Å². The molecule has 4 rings (SSSR count). The quantitative estimate of drug-likeness (QED) is 0.474. The second-order valence-corrected chi connectivity index (χ2v) is 6.03. The normalized spacial score (nSPS) is 12.7. The number of hydrogen-bond donors (Lipinski definition) is 0. The molecule has 3 aromatic rings. The lowest BCUT2D eigenvalue weighted by Gasteiger charge is -2.09. The van der Waals surface area contributed by atoms with Gasteiger partial charge in [0.1, 0.15) is 0 Å². The Labute approximate surface area is 163 Å². The van der Waals surface area contributed by atoms with Crippen molar-refractivity contribution in [2.24, 2.45) is 9.98 Å². The van der Waals surface area contributed by atoms with E-state index >= 15 is 0 Å². The van der Waals surface area contributed by atoms with Crippen LogP contribution in [0.15, 0.2) is 82.8 Å². The van der Waals surface area contributed by atoms with Crippen LogP contribution in [-0.2, 0) is 4.74 Å². The summed E-state index contributed by atoms with van der Waals surface area (Å²) in [5, 5.41) is 21.8. The molecule has 1 heterocycles. The lowest BCUT2D eigenvalue weighted by Crippen LogP contribution is -2.14. The molecular formula is C20H12N4O5. The van der Waals surface area contributed by atoms with E-state index in [4.69, 9.17) is 4.74 Å². The number of non-ortho nitro benzene ring substituents is 2. The molecule has 0 radical (unpaired) electrons. The van der Waals surface area contributed by atoms with E-state index in [0.29, 0.717) is 22.5 Å². The number of para-hydroxylation sites is 2. The molecule has 0 saturated carbocycles. The van der Waals surface area contributed by atoms with Gasteiger partial charge in [0.25, 0.3) is 11.4 Å². The van der Waals surface area contributed by atoms with Gasteiger partial charge in [-0.3, -0.25) is 20.2 Å². The summed E-state index contributed by atoms with van der Waals surface area (Å²) in [7, 11) is 0. The summed E-state index contributed by atoms with van der Waals surface area (Å²) in [5.74, 6) is 0.420. The third-order valence-corrected chi connectivity index (χ3v) is 4.17. The predicted octanol–water partition coefficient (Wildman–Crippen LogP) is 4.69. The van der Waals surface area contributed by atoms with E-state index in [0.717, 1.165) is 0 Å². The van der Waals surface area contributed by atoms with Crippen LogP contribution in [0.1, 0.15) is 11.1 Å². The first-order valence-corrected chi connectivity index (χ1v) is 8.45. The number of ether oxygens (including phenoxy) is 1. The molecular weight excluding hydrogens is 376 g/mol. The van der Waals surface area contributed by atoms with Crippen molar-refractivity contribution in [3.63, 3.8) is 0 Å². The van der Waals surface area contributed by atoms with Crippen LogP contribution in [0.25, 0.3) is 0 Å². The minimum Gasteiger partial charge on any atom is -0.419 e. The summed E-state index contributed by atoms with van der Waals surface area (Å²) in [4.78, 5) is 29.8. The third-order valence-electron chi connectivity index (χ3n) is 4.17. The molecule has 29 heavy (non-hydrogen) atoms. The molecule has 1 aliphatic rings. The SMILES string of the molecule is O=[N+]([O-])c1ccc(C2=Nc3ccccc3N=C(c3ccc([N+](=O)[O-])cc3)O2)cc1. The topological polar surface area (TPSA) is 120 Å². The Morgan fingerprint density at radius 1 is 0.621 bits per heavy atom. The Morgan fingerprint density at radius 2 is 1.00 bits per heavy atom. The average Bonchev–Trinajstić information content (AvgIpc) is 2.93. The van der Waals surface area contributed by atoms with Gasteiger partial charge in [0, 0.05) is 35.4 Å². The van der Waals surface area contributed by atoms with E-state index < -0.39 is 9.85 Å². The second-order valence-electron chi connectivity index (χ2n) is 6.03. The molecule has 0 saturated heterocycles. The molecule has 3 aromatic carbocycles. The van der Waals surface area contributed by atoms with Crippen LogP contribution in [0.2, 0.25) is 0 Å². The van der Waals surface area contributed by atoms with Crippen molar-refractivity contribution in [3.8, 4) is 0 Å². The minimum absolute atomic E-state index is 0.0485. The van der Waals surface area contributed by atoms with E-state index in [1.807, 2.05) is 12.1 Å². The summed E-state index contributed by atoms with van der Waals surface area (Å²) < 4.78 is 5.93. The van der Waals surface area contributed by atoms with E-state index in [1.165, 1.54) is 24.3 Å². The van der Waals surface area contributed by atoms with Crippen molar-refractivity contribution < 1.29 is 14.6 Å². The first-order chi connectivity index (χ1) is 14.0. The highest BCUT2D eigenvalue weighted by Crippen LogP contribution is 2.32. The predicted molar refractivity (Wildman–Crippen MR) is 106 cm³/mol. The molecule has 9 heteroatoms. The molecule has 0 unspecified atom stereocenters. The average molecular weight is 388 g/mol. The number of nitrogens with zero attached hydrogens (tertiary/aromatic N) is 4. The van der Waals surface area contributed by atoms with E-state index in [1.54, 1.807) is 36.4 Å². The van der Waals surface area contributed by atoms with Gasteiger partial charge in [-0.05, 0) is 36.4 Å². The maximum Gasteiger partial charge on any atom is 0.269 e. The van der Waals surface area contributed by atoms with Crippen LogP contribution in [0, 0.1) is 20.2 Å². The summed E-state index contributed by atoms with van der Waals surface area (Å²) >= 11 is 0. The molecule has 142 valence electrons. The van der Waals surface area contributed by atoms with Crippen molar-refractivity contribution in [2.45, 2.75) is 0 Å². The lowest BCUT2D eigenvalue weighted by molar-refractivity contribution is -0.385. The molecule has 0 amide bonds. The molecule has 0 aliphatic carbocycles. The molecule has 0 spiro atoms. The number of hydrogen-bond acceptors (Lipinski definition) is 7. The highest BCUT2D eigenvalue weighted by Gasteiger charge is 2.19. The summed E-state index contributed by atoms with van der Waals surface area (Å²) in [6.45, 7) is 0. The minimum atomic E-state index is -0.487. The number of aliphatic imine (C=N–C) groups is 2. The Hall–Kier alpha value is -4.40. The highest BCUT2D eigenvalue weighted by molar-refractivity contribution is 6.10. The lowest BCUT2D eigenvalue weighted by atomic mass is 10.2. The molecule has 1 aliphatic heterocycles. The van der Waals surface area contributed by atoms with Crippen molar-refractivity contribution in [1.29, 1.82) is 0 Å². The van der Waals surface area contributed by atoms with Crippen LogP contribution in [0.4, 0.5) is 22.7 Å². The molecule has 0 bridgehead atoms. The van der Waals surface area contributed by atoms with Crippen LogP contribution < -0.4 is 0 Å².